The topological polar surface area (TPSA) is 109 Å². The molecule has 0 aliphatic carbocycles. The number of nitrogens with zero attached hydrogens (tertiary/aromatic N) is 1. The zero-order valence-corrected chi connectivity index (χ0v) is 7.33. The van der Waals surface area contributed by atoms with Crippen molar-refractivity contribution in [3.05, 3.63) is 27.5 Å². The Hall–Kier alpha value is -2.29. The van der Waals surface area contributed by atoms with Crippen LogP contribution in [0.5, 0.6) is 0 Å². The summed E-state index contributed by atoms with van der Waals surface area (Å²) < 4.78 is 4.41. The minimum absolute atomic E-state index is 0.0244. The third-order valence-electron chi connectivity index (χ3n) is 1.60. The predicted molar refractivity (Wildman–Crippen MR) is 47.5 cm³/mol. The van der Waals surface area contributed by atoms with E-state index in [1.54, 1.807) is 6.07 Å². The van der Waals surface area contributed by atoms with E-state index in [2.05, 4.69) is 9.72 Å². The number of ether oxygens (including phenoxy) is 1. The first-order chi connectivity index (χ1) is 6.60. The van der Waals surface area contributed by atoms with Gasteiger partial charge >= 0.3 is 5.97 Å². The van der Waals surface area contributed by atoms with Crippen LogP contribution < -0.4 is 11.3 Å². The molecule has 0 aliphatic heterocycles. The van der Waals surface area contributed by atoms with Gasteiger partial charge in [-0.3, -0.25) is 4.79 Å². The Morgan fingerprint density at radius 2 is 2.36 bits per heavy atom. The third-order valence-corrected chi connectivity index (χ3v) is 1.60. The van der Waals surface area contributed by atoms with E-state index in [0.717, 1.165) is 6.07 Å². The average molecular weight is 193 g/mol. The second-order valence-corrected chi connectivity index (χ2v) is 2.44. The van der Waals surface area contributed by atoms with E-state index in [1.807, 2.05) is 0 Å². The summed E-state index contributed by atoms with van der Waals surface area (Å²) in [7, 11) is 1.18. The Morgan fingerprint density at radius 3 is 2.86 bits per heavy atom. The maximum Gasteiger partial charge on any atom is 0.341 e. The van der Waals surface area contributed by atoms with Gasteiger partial charge in [-0.15, -0.1) is 0 Å². The zero-order chi connectivity index (χ0) is 10.7. The number of rotatable bonds is 1. The highest BCUT2D eigenvalue weighted by atomic mass is 16.5. The van der Waals surface area contributed by atoms with Crippen molar-refractivity contribution in [2.24, 2.45) is 0 Å². The lowest BCUT2D eigenvalue weighted by molar-refractivity contribution is 0.0601. The Morgan fingerprint density at radius 1 is 1.71 bits per heavy atom. The number of anilines is 1. The number of aromatic nitrogens is 1. The molecule has 0 saturated heterocycles. The van der Waals surface area contributed by atoms with Crippen LogP contribution in [0.25, 0.3) is 0 Å². The van der Waals surface area contributed by atoms with Crippen molar-refractivity contribution in [1.29, 1.82) is 5.26 Å². The minimum Gasteiger partial charge on any atom is -0.465 e. The van der Waals surface area contributed by atoms with E-state index in [-0.39, 0.29) is 16.9 Å². The van der Waals surface area contributed by atoms with E-state index in [1.165, 1.54) is 7.11 Å². The van der Waals surface area contributed by atoms with Gasteiger partial charge in [-0.1, -0.05) is 0 Å². The fraction of sp³-hybridized carbons (Fsp3) is 0.125. The number of aromatic amines is 1. The molecule has 0 saturated carbocycles. The molecule has 0 atom stereocenters. The number of nitrogens with two attached hydrogens (primary N) is 1. The summed E-state index contributed by atoms with van der Waals surface area (Å²) in [6.07, 6.45) is 0. The van der Waals surface area contributed by atoms with Gasteiger partial charge < -0.3 is 15.5 Å². The summed E-state index contributed by atoms with van der Waals surface area (Å²) in [6, 6.07) is 2.73. The first kappa shape index (κ1) is 9.80. The van der Waals surface area contributed by atoms with Gasteiger partial charge in [0.05, 0.1) is 7.11 Å². The lowest BCUT2D eigenvalue weighted by Gasteiger charge is -2.02. The van der Waals surface area contributed by atoms with E-state index in [0.29, 0.717) is 0 Å². The number of esters is 1. The van der Waals surface area contributed by atoms with Gasteiger partial charge in [0, 0.05) is 0 Å². The summed E-state index contributed by atoms with van der Waals surface area (Å²) in [5.41, 5.74) is 4.52. The molecule has 1 rings (SSSR count). The molecule has 6 nitrogen and oxygen atoms in total. The number of methoxy groups -OCH3 is 1. The van der Waals surface area contributed by atoms with Crippen molar-refractivity contribution in [1.82, 2.24) is 4.98 Å². The molecular formula is C8H7N3O3. The Labute approximate surface area is 78.9 Å². The number of nitrogens with one attached hydrogen (secondary N) is 1. The number of hydrogen-bond donors (Lipinski definition) is 2. The Bertz CT molecular complexity index is 470. The maximum atomic E-state index is 11.1. The highest BCUT2D eigenvalue weighted by Crippen LogP contribution is 2.08. The van der Waals surface area contributed by atoms with E-state index in [4.69, 9.17) is 11.0 Å². The second-order valence-electron chi connectivity index (χ2n) is 2.44. The van der Waals surface area contributed by atoms with Crippen molar-refractivity contribution in [2.45, 2.75) is 0 Å². The van der Waals surface area contributed by atoms with Gasteiger partial charge in [0.15, 0.2) is 0 Å². The van der Waals surface area contributed by atoms with Crippen LogP contribution in [-0.4, -0.2) is 18.1 Å². The number of carbonyl (C=O) groups excluding carboxylic acids is 1. The van der Waals surface area contributed by atoms with Gasteiger partial charge in [0.2, 0.25) is 0 Å². The summed E-state index contributed by atoms with van der Waals surface area (Å²) in [6.45, 7) is 0. The zero-order valence-electron chi connectivity index (χ0n) is 7.33. The average Bonchev–Trinajstić information content (AvgIpc) is 2.17. The predicted octanol–water partition coefficient (Wildman–Crippen LogP) is -0.385. The third kappa shape index (κ3) is 1.56. The summed E-state index contributed by atoms with van der Waals surface area (Å²) in [4.78, 5) is 24.3. The quantitative estimate of drug-likeness (QED) is 0.590. The van der Waals surface area contributed by atoms with Crippen molar-refractivity contribution >= 4 is 11.8 Å². The molecule has 1 heterocycles. The summed E-state index contributed by atoms with van der Waals surface area (Å²) in [5.74, 6) is -0.809. The summed E-state index contributed by atoms with van der Waals surface area (Å²) in [5, 5.41) is 8.53. The lowest BCUT2D eigenvalue weighted by atomic mass is 10.2. The number of nitrogen functional groups attached to an aromatic ring is 1. The van der Waals surface area contributed by atoms with Crippen LogP contribution in [0.3, 0.4) is 0 Å². The maximum absolute atomic E-state index is 11.1. The van der Waals surface area contributed by atoms with Crippen molar-refractivity contribution in [3.8, 4) is 6.07 Å². The Kier molecular flexibility index (Phi) is 2.53. The van der Waals surface area contributed by atoms with Gasteiger partial charge in [0.25, 0.3) is 5.56 Å². The molecule has 0 amide bonds. The SMILES string of the molecule is COC(=O)c1cc(C#N)c(=O)[nH]c1N. The van der Waals surface area contributed by atoms with Gasteiger partial charge in [-0.25, -0.2) is 4.79 Å². The largest absolute Gasteiger partial charge is 0.465 e. The number of carbonyl (C=O) groups is 1. The lowest BCUT2D eigenvalue weighted by Crippen LogP contribution is -2.17. The van der Waals surface area contributed by atoms with E-state index < -0.39 is 11.5 Å². The Balaban J connectivity index is 3.41. The summed E-state index contributed by atoms with van der Waals surface area (Å²) >= 11 is 0. The molecule has 1 aromatic heterocycles. The standard InChI is InChI=1S/C8H7N3O3/c1-14-8(13)5-2-4(3-9)7(12)11-6(5)10/h2H,1H3,(H3,10,11,12). The van der Waals surface area contributed by atoms with Crippen molar-refractivity contribution in [2.75, 3.05) is 12.8 Å². The highest BCUT2D eigenvalue weighted by molar-refractivity contribution is 5.94. The molecule has 72 valence electrons. The normalized spacial score (nSPS) is 9.14. The van der Waals surface area contributed by atoms with Gasteiger partial charge in [0.1, 0.15) is 23.0 Å². The molecule has 0 spiro atoms. The van der Waals surface area contributed by atoms with E-state index >= 15 is 0 Å². The smallest absolute Gasteiger partial charge is 0.341 e. The number of H-pyrrole nitrogens is 1. The van der Waals surface area contributed by atoms with Crippen LogP contribution in [0.1, 0.15) is 15.9 Å². The molecule has 1 aromatic rings. The molecule has 14 heavy (non-hydrogen) atoms. The molecule has 0 unspecified atom stereocenters. The van der Waals surface area contributed by atoms with Crippen LogP contribution in [0.4, 0.5) is 5.82 Å². The molecule has 3 N–H and O–H groups in total. The fourth-order valence-corrected chi connectivity index (χ4v) is 0.907. The molecule has 0 radical (unpaired) electrons. The van der Waals surface area contributed by atoms with Crippen molar-refractivity contribution < 1.29 is 9.53 Å². The second kappa shape index (κ2) is 3.62. The van der Waals surface area contributed by atoms with Crippen LogP contribution in [0, 0.1) is 11.3 Å². The molecule has 0 bridgehead atoms. The number of nitriles is 1. The first-order valence-corrected chi connectivity index (χ1v) is 3.61. The number of pyridine rings is 1. The van der Waals surface area contributed by atoms with Gasteiger partial charge in [-0.2, -0.15) is 5.26 Å². The van der Waals surface area contributed by atoms with Crippen LogP contribution in [0.15, 0.2) is 10.9 Å². The molecular weight excluding hydrogens is 186 g/mol. The number of hydrogen-bond acceptors (Lipinski definition) is 5. The molecule has 0 fully saturated rings. The fourth-order valence-electron chi connectivity index (χ4n) is 0.907. The molecule has 0 aromatic carbocycles. The monoisotopic (exact) mass is 193 g/mol. The first-order valence-electron chi connectivity index (χ1n) is 3.61. The van der Waals surface area contributed by atoms with E-state index in [9.17, 15) is 9.59 Å². The van der Waals surface area contributed by atoms with Crippen LogP contribution >= 0.6 is 0 Å². The van der Waals surface area contributed by atoms with Gasteiger partial charge in [-0.05, 0) is 6.07 Å². The highest BCUT2D eigenvalue weighted by Gasteiger charge is 2.13. The minimum atomic E-state index is -0.699. The van der Waals surface area contributed by atoms with Crippen LogP contribution in [-0.2, 0) is 4.74 Å². The molecule has 0 aliphatic rings. The molecule has 6 heteroatoms. The van der Waals surface area contributed by atoms with Crippen LogP contribution in [0.2, 0.25) is 0 Å². The van der Waals surface area contributed by atoms with Crippen molar-refractivity contribution in [3.63, 3.8) is 0 Å².